The van der Waals surface area contributed by atoms with Crippen LogP contribution >= 0.6 is 0 Å². The van der Waals surface area contributed by atoms with Crippen LogP contribution in [0.5, 0.6) is 5.75 Å². The van der Waals surface area contributed by atoms with Crippen molar-refractivity contribution in [2.75, 3.05) is 19.0 Å². The van der Waals surface area contributed by atoms with Crippen molar-refractivity contribution in [2.45, 2.75) is 25.4 Å². The fraction of sp³-hybridized carbons (Fsp3) is 0.292. The molecular formula is C24H22F3N3O3. The maximum absolute atomic E-state index is 14.0. The van der Waals surface area contributed by atoms with E-state index in [-0.39, 0.29) is 18.9 Å². The number of aromatic nitrogens is 2. The molecule has 3 aromatic rings. The van der Waals surface area contributed by atoms with Gasteiger partial charge in [-0.25, -0.2) is 23.1 Å². The van der Waals surface area contributed by atoms with Crippen LogP contribution in [0, 0.1) is 30.3 Å². The summed E-state index contributed by atoms with van der Waals surface area (Å²) >= 11 is 0. The predicted molar refractivity (Wildman–Crippen MR) is 114 cm³/mol. The van der Waals surface area contributed by atoms with Crippen molar-refractivity contribution in [2.24, 2.45) is 5.92 Å². The number of amides is 1. The molecule has 0 bridgehead atoms. The molecule has 4 rings (SSSR count). The Hall–Kier alpha value is -3.46. The summed E-state index contributed by atoms with van der Waals surface area (Å²) in [5, 5.41) is 2.44. The summed E-state index contributed by atoms with van der Waals surface area (Å²) in [6.45, 7) is 1.97. The van der Waals surface area contributed by atoms with Gasteiger partial charge in [0.15, 0.2) is 5.75 Å². The monoisotopic (exact) mass is 457 g/mol. The maximum Gasteiger partial charge on any atom is 0.228 e. The Bertz CT molecular complexity index is 1190. The van der Waals surface area contributed by atoms with Gasteiger partial charge in [0.1, 0.15) is 29.0 Å². The highest BCUT2D eigenvalue weighted by molar-refractivity contribution is 5.96. The number of carbonyl (C=O) groups excluding carboxylic acids is 1. The molecule has 2 unspecified atom stereocenters. The van der Waals surface area contributed by atoms with Gasteiger partial charge in [-0.15, -0.1) is 0 Å². The minimum atomic E-state index is -0.856. The fourth-order valence-corrected chi connectivity index (χ4v) is 3.90. The third-order valence-electron chi connectivity index (χ3n) is 5.69. The topological polar surface area (TPSA) is 73.3 Å². The molecule has 0 radical (unpaired) electrons. The van der Waals surface area contributed by atoms with E-state index in [0.717, 1.165) is 18.2 Å². The smallest absolute Gasteiger partial charge is 0.228 e. The Morgan fingerprint density at radius 1 is 1.18 bits per heavy atom. The lowest BCUT2D eigenvalue weighted by Gasteiger charge is -2.20. The van der Waals surface area contributed by atoms with Crippen LogP contribution < -0.4 is 10.1 Å². The van der Waals surface area contributed by atoms with Crippen LogP contribution in [-0.4, -0.2) is 29.6 Å². The van der Waals surface area contributed by atoms with Crippen LogP contribution in [0.4, 0.5) is 18.9 Å². The lowest BCUT2D eigenvalue weighted by atomic mass is 9.93. The van der Waals surface area contributed by atoms with Crippen LogP contribution in [0.1, 0.15) is 23.5 Å². The number of ether oxygens (including phenoxy) is 2. The van der Waals surface area contributed by atoms with Gasteiger partial charge >= 0.3 is 0 Å². The normalized spacial score (nSPS) is 19.2. The Morgan fingerprint density at radius 2 is 1.97 bits per heavy atom. The second kappa shape index (κ2) is 9.19. The summed E-state index contributed by atoms with van der Waals surface area (Å²) in [6, 6.07) is 8.74. The first-order valence-electron chi connectivity index (χ1n) is 10.3. The number of aryl methyl sites for hydroxylation is 1. The maximum atomic E-state index is 14.0. The molecule has 1 N–H and O–H groups in total. The number of anilines is 1. The molecule has 0 saturated heterocycles. The van der Waals surface area contributed by atoms with Gasteiger partial charge in [-0.2, -0.15) is 0 Å². The molecule has 1 amide bonds. The van der Waals surface area contributed by atoms with Crippen LogP contribution in [-0.2, 0) is 21.6 Å². The van der Waals surface area contributed by atoms with E-state index >= 15 is 0 Å². The standard InChI is InChI=1S/C24H22F3N3O3/c1-14-28-11-22(21(29-14)12-32-2)33-13-24(15-4-3-5-16(25)8-15)10-18(24)23(31)30-20-9-17(26)6-7-19(20)27/h3-9,11,18H,10,12-13H2,1-2H3,(H,30,31). The summed E-state index contributed by atoms with van der Waals surface area (Å²) in [5.74, 6) is -2.08. The van der Waals surface area contributed by atoms with Gasteiger partial charge in [0.05, 0.1) is 31.0 Å². The zero-order valence-corrected chi connectivity index (χ0v) is 18.1. The first-order valence-corrected chi connectivity index (χ1v) is 10.3. The van der Waals surface area contributed by atoms with Crippen LogP contribution in [0.25, 0.3) is 0 Å². The third-order valence-corrected chi connectivity index (χ3v) is 5.69. The van der Waals surface area contributed by atoms with Gasteiger partial charge in [-0.3, -0.25) is 4.79 Å². The number of hydrogen-bond acceptors (Lipinski definition) is 5. The van der Waals surface area contributed by atoms with Crippen molar-refractivity contribution >= 4 is 11.6 Å². The molecule has 6 nitrogen and oxygen atoms in total. The van der Waals surface area contributed by atoms with Crippen molar-refractivity contribution in [3.8, 4) is 5.75 Å². The minimum absolute atomic E-state index is 0.0311. The number of methoxy groups -OCH3 is 1. The van der Waals surface area contributed by atoms with Crippen molar-refractivity contribution < 1.29 is 27.4 Å². The largest absolute Gasteiger partial charge is 0.489 e. The number of halogens is 3. The Kier molecular flexibility index (Phi) is 6.33. The number of hydrogen-bond donors (Lipinski definition) is 1. The van der Waals surface area contributed by atoms with Gasteiger partial charge in [0.2, 0.25) is 5.91 Å². The third kappa shape index (κ3) is 4.83. The summed E-state index contributed by atoms with van der Waals surface area (Å²) in [6.07, 6.45) is 1.86. The first-order chi connectivity index (χ1) is 15.8. The minimum Gasteiger partial charge on any atom is -0.489 e. The van der Waals surface area contributed by atoms with E-state index < -0.39 is 34.7 Å². The number of nitrogens with one attached hydrogen (secondary N) is 1. The molecule has 1 heterocycles. The fourth-order valence-electron chi connectivity index (χ4n) is 3.90. The molecule has 1 fully saturated rings. The van der Waals surface area contributed by atoms with E-state index in [4.69, 9.17) is 9.47 Å². The Balaban J connectivity index is 1.59. The SMILES string of the molecule is COCc1nc(C)ncc1OCC1(c2cccc(F)c2)CC1C(=O)Nc1cc(F)ccc1F. The lowest BCUT2D eigenvalue weighted by molar-refractivity contribution is -0.117. The molecular weight excluding hydrogens is 435 g/mol. The number of rotatable bonds is 8. The summed E-state index contributed by atoms with van der Waals surface area (Å²) in [5.41, 5.74) is 0.00687. The average Bonchev–Trinajstić information content (AvgIpc) is 3.52. The van der Waals surface area contributed by atoms with Crippen molar-refractivity contribution in [3.05, 3.63) is 83.2 Å². The Labute approximate surface area is 188 Å². The highest BCUT2D eigenvalue weighted by Crippen LogP contribution is 2.55. The quantitative estimate of drug-likeness (QED) is 0.545. The second-order valence-electron chi connectivity index (χ2n) is 7.99. The Morgan fingerprint density at radius 3 is 2.73 bits per heavy atom. The molecule has 2 aromatic carbocycles. The summed E-state index contributed by atoms with van der Waals surface area (Å²) in [4.78, 5) is 21.4. The number of carbonyl (C=O) groups is 1. The molecule has 0 spiro atoms. The van der Waals surface area contributed by atoms with Crippen LogP contribution in [0.3, 0.4) is 0 Å². The summed E-state index contributed by atoms with van der Waals surface area (Å²) in [7, 11) is 1.53. The highest BCUT2D eigenvalue weighted by atomic mass is 19.1. The van der Waals surface area contributed by atoms with E-state index in [9.17, 15) is 18.0 Å². The lowest BCUT2D eigenvalue weighted by Crippen LogP contribution is -2.27. The van der Waals surface area contributed by atoms with E-state index in [2.05, 4.69) is 15.3 Å². The molecule has 1 saturated carbocycles. The molecule has 2 atom stereocenters. The molecule has 33 heavy (non-hydrogen) atoms. The van der Waals surface area contributed by atoms with Gasteiger partial charge in [-0.1, -0.05) is 12.1 Å². The van der Waals surface area contributed by atoms with Crippen LogP contribution in [0.15, 0.2) is 48.7 Å². The zero-order valence-electron chi connectivity index (χ0n) is 18.1. The van der Waals surface area contributed by atoms with Gasteiger partial charge in [0.25, 0.3) is 0 Å². The van der Waals surface area contributed by atoms with Crippen molar-refractivity contribution in [1.82, 2.24) is 9.97 Å². The van der Waals surface area contributed by atoms with E-state index in [1.165, 1.54) is 25.4 Å². The predicted octanol–water partition coefficient (Wildman–Crippen LogP) is 4.32. The van der Waals surface area contributed by atoms with E-state index in [1.807, 2.05) is 0 Å². The van der Waals surface area contributed by atoms with E-state index in [0.29, 0.717) is 29.3 Å². The van der Waals surface area contributed by atoms with Crippen LogP contribution in [0.2, 0.25) is 0 Å². The number of benzene rings is 2. The van der Waals surface area contributed by atoms with Gasteiger partial charge < -0.3 is 14.8 Å². The average molecular weight is 457 g/mol. The zero-order chi connectivity index (χ0) is 23.6. The van der Waals surface area contributed by atoms with E-state index in [1.54, 1.807) is 19.1 Å². The van der Waals surface area contributed by atoms with Crippen molar-refractivity contribution in [1.29, 1.82) is 0 Å². The summed E-state index contributed by atoms with van der Waals surface area (Å²) < 4.78 is 52.7. The molecule has 1 aromatic heterocycles. The molecule has 1 aliphatic carbocycles. The number of nitrogens with zero attached hydrogens (tertiary/aromatic N) is 2. The van der Waals surface area contributed by atoms with Crippen molar-refractivity contribution in [3.63, 3.8) is 0 Å². The van der Waals surface area contributed by atoms with Gasteiger partial charge in [-0.05, 0) is 43.2 Å². The molecule has 1 aliphatic rings. The second-order valence-corrected chi connectivity index (χ2v) is 7.99. The molecule has 0 aliphatic heterocycles. The first kappa shape index (κ1) is 22.7. The molecule has 172 valence electrons. The van der Waals surface area contributed by atoms with Gasteiger partial charge in [0, 0.05) is 18.6 Å². The molecule has 9 heteroatoms. The highest BCUT2D eigenvalue weighted by Gasteiger charge is 2.60.